The molecule has 8 heteroatoms. The van der Waals surface area contributed by atoms with Gasteiger partial charge in [-0.25, -0.2) is 9.67 Å². The van der Waals surface area contributed by atoms with Gasteiger partial charge in [0.1, 0.15) is 5.69 Å². The van der Waals surface area contributed by atoms with Crippen LogP contribution in [-0.4, -0.2) is 24.7 Å². The van der Waals surface area contributed by atoms with E-state index < -0.39 is 4.92 Å². The van der Waals surface area contributed by atoms with Crippen LogP contribution in [0.15, 0.2) is 18.5 Å². The van der Waals surface area contributed by atoms with E-state index in [-0.39, 0.29) is 23.1 Å². The highest BCUT2D eigenvalue weighted by Gasteiger charge is 2.22. The highest BCUT2D eigenvalue weighted by atomic mass is 16.6. The number of nitrogens with zero attached hydrogens (tertiary/aromatic N) is 5. The Morgan fingerprint density at radius 2 is 2.25 bits per heavy atom. The predicted molar refractivity (Wildman–Crippen MR) is 55.0 cm³/mol. The number of nitro groups is 1. The molecule has 0 bridgehead atoms. The van der Waals surface area contributed by atoms with Crippen LogP contribution >= 0.6 is 0 Å². The molecule has 2 aromatic rings. The van der Waals surface area contributed by atoms with E-state index in [1.54, 1.807) is 12.3 Å². The van der Waals surface area contributed by atoms with Gasteiger partial charge in [0.2, 0.25) is 11.8 Å². The van der Waals surface area contributed by atoms with Gasteiger partial charge in [0.15, 0.2) is 0 Å². The molecule has 16 heavy (non-hydrogen) atoms. The number of nitrogens with two attached hydrogens (primary N) is 1. The molecule has 0 unspecified atom stereocenters. The van der Waals surface area contributed by atoms with E-state index in [1.807, 2.05) is 0 Å². The fourth-order valence-corrected chi connectivity index (χ4v) is 1.34. The summed E-state index contributed by atoms with van der Waals surface area (Å²) in [5, 5.41) is 14.8. The van der Waals surface area contributed by atoms with Crippen molar-refractivity contribution in [2.45, 2.75) is 6.92 Å². The monoisotopic (exact) mass is 220 g/mol. The van der Waals surface area contributed by atoms with Gasteiger partial charge in [-0.3, -0.25) is 10.1 Å². The third-order valence-electron chi connectivity index (χ3n) is 1.96. The van der Waals surface area contributed by atoms with Crippen LogP contribution < -0.4 is 5.73 Å². The maximum Gasteiger partial charge on any atom is 0.334 e. The van der Waals surface area contributed by atoms with E-state index in [0.717, 1.165) is 0 Å². The molecular weight excluding hydrogens is 212 g/mol. The lowest BCUT2D eigenvalue weighted by Gasteiger charge is -2.04. The summed E-state index contributed by atoms with van der Waals surface area (Å²) in [6, 6.07) is 1.64. The normalized spacial score (nSPS) is 10.3. The van der Waals surface area contributed by atoms with Gasteiger partial charge in [0.05, 0.1) is 4.92 Å². The van der Waals surface area contributed by atoms with Crippen molar-refractivity contribution in [3.8, 4) is 5.82 Å². The Balaban J connectivity index is 2.72. The second-order valence-electron chi connectivity index (χ2n) is 3.05. The molecule has 2 rings (SSSR count). The van der Waals surface area contributed by atoms with Gasteiger partial charge in [0, 0.05) is 12.4 Å². The zero-order chi connectivity index (χ0) is 11.7. The summed E-state index contributed by atoms with van der Waals surface area (Å²) in [5.74, 6) is 0.0496. The van der Waals surface area contributed by atoms with Crippen LogP contribution in [0.25, 0.3) is 5.82 Å². The molecule has 0 amide bonds. The average Bonchev–Trinajstić information content (AvgIpc) is 2.67. The van der Waals surface area contributed by atoms with Crippen molar-refractivity contribution in [1.82, 2.24) is 19.7 Å². The van der Waals surface area contributed by atoms with E-state index >= 15 is 0 Å². The van der Waals surface area contributed by atoms with Crippen molar-refractivity contribution in [2.75, 3.05) is 5.73 Å². The number of hydrogen-bond donors (Lipinski definition) is 1. The van der Waals surface area contributed by atoms with Crippen LogP contribution in [0.5, 0.6) is 0 Å². The lowest BCUT2D eigenvalue weighted by molar-refractivity contribution is -0.385. The lowest BCUT2D eigenvalue weighted by atomic mass is 10.3. The first-order valence-electron chi connectivity index (χ1n) is 4.38. The van der Waals surface area contributed by atoms with Gasteiger partial charge < -0.3 is 5.73 Å². The zero-order valence-electron chi connectivity index (χ0n) is 8.36. The molecule has 2 N–H and O–H groups in total. The average molecular weight is 220 g/mol. The summed E-state index contributed by atoms with van der Waals surface area (Å²) in [6.07, 6.45) is 3.05. The fourth-order valence-electron chi connectivity index (χ4n) is 1.34. The van der Waals surface area contributed by atoms with Crippen LogP contribution in [0, 0.1) is 17.0 Å². The van der Waals surface area contributed by atoms with Crippen molar-refractivity contribution in [2.24, 2.45) is 0 Å². The van der Waals surface area contributed by atoms with Crippen LogP contribution in [0.4, 0.5) is 11.6 Å². The molecule has 8 nitrogen and oxygen atoms in total. The largest absolute Gasteiger partial charge is 0.368 e. The minimum atomic E-state index is -0.550. The Labute approximate surface area is 89.9 Å². The first kappa shape index (κ1) is 10.0. The molecule has 0 saturated heterocycles. The van der Waals surface area contributed by atoms with Gasteiger partial charge in [-0.1, -0.05) is 0 Å². The van der Waals surface area contributed by atoms with E-state index in [9.17, 15) is 10.1 Å². The van der Waals surface area contributed by atoms with E-state index in [1.165, 1.54) is 17.8 Å². The third kappa shape index (κ3) is 1.56. The summed E-state index contributed by atoms with van der Waals surface area (Å²) in [5.41, 5.74) is 5.46. The third-order valence-corrected chi connectivity index (χ3v) is 1.96. The summed E-state index contributed by atoms with van der Waals surface area (Å²) < 4.78 is 1.28. The number of nitrogen functional groups attached to an aromatic ring is 1. The summed E-state index contributed by atoms with van der Waals surface area (Å²) in [7, 11) is 0. The van der Waals surface area contributed by atoms with Crippen LogP contribution in [-0.2, 0) is 0 Å². The van der Waals surface area contributed by atoms with Crippen molar-refractivity contribution < 1.29 is 4.92 Å². The molecule has 2 heterocycles. The SMILES string of the molecule is Cc1nc(N)nc(-n2cccn2)c1[N+](=O)[O-]. The van der Waals surface area contributed by atoms with E-state index in [4.69, 9.17) is 5.73 Å². The van der Waals surface area contributed by atoms with Crippen molar-refractivity contribution in [3.63, 3.8) is 0 Å². The van der Waals surface area contributed by atoms with Gasteiger partial charge in [-0.2, -0.15) is 10.1 Å². The molecule has 0 atom stereocenters. The molecule has 0 saturated carbocycles. The topological polar surface area (TPSA) is 113 Å². The smallest absolute Gasteiger partial charge is 0.334 e. The predicted octanol–water partition coefficient (Wildman–Crippen LogP) is 0.461. The highest BCUT2D eigenvalue weighted by Crippen LogP contribution is 2.23. The Kier molecular flexibility index (Phi) is 2.24. The second-order valence-corrected chi connectivity index (χ2v) is 3.05. The summed E-state index contributed by atoms with van der Waals surface area (Å²) in [6.45, 7) is 1.50. The Morgan fingerprint density at radius 1 is 1.50 bits per heavy atom. The summed E-state index contributed by atoms with van der Waals surface area (Å²) in [4.78, 5) is 17.9. The summed E-state index contributed by atoms with van der Waals surface area (Å²) >= 11 is 0. The highest BCUT2D eigenvalue weighted by molar-refractivity contribution is 5.52. The van der Waals surface area contributed by atoms with Gasteiger partial charge in [-0.05, 0) is 13.0 Å². The van der Waals surface area contributed by atoms with E-state index in [2.05, 4.69) is 15.1 Å². The van der Waals surface area contributed by atoms with Crippen LogP contribution in [0.1, 0.15) is 5.69 Å². The molecular formula is C8H8N6O2. The fraction of sp³-hybridized carbons (Fsp3) is 0.125. The molecule has 0 aliphatic heterocycles. The molecule has 82 valence electrons. The Hall–Kier alpha value is -2.51. The molecule has 0 aliphatic rings. The molecule has 0 radical (unpaired) electrons. The van der Waals surface area contributed by atoms with Crippen LogP contribution in [0.2, 0.25) is 0 Å². The quantitative estimate of drug-likeness (QED) is 0.581. The number of hydrogen-bond acceptors (Lipinski definition) is 6. The van der Waals surface area contributed by atoms with Crippen molar-refractivity contribution in [3.05, 3.63) is 34.3 Å². The minimum absolute atomic E-state index is 0.0198. The number of aryl methyl sites for hydroxylation is 1. The molecule has 0 fully saturated rings. The number of anilines is 1. The van der Waals surface area contributed by atoms with Crippen LogP contribution in [0.3, 0.4) is 0 Å². The Morgan fingerprint density at radius 3 is 2.81 bits per heavy atom. The first-order valence-corrected chi connectivity index (χ1v) is 4.38. The molecule has 0 aliphatic carbocycles. The second kappa shape index (κ2) is 3.57. The van der Waals surface area contributed by atoms with Crippen molar-refractivity contribution in [1.29, 1.82) is 0 Å². The van der Waals surface area contributed by atoms with Crippen molar-refractivity contribution >= 4 is 11.6 Å². The van der Waals surface area contributed by atoms with Gasteiger partial charge in [-0.15, -0.1) is 0 Å². The van der Waals surface area contributed by atoms with E-state index in [0.29, 0.717) is 0 Å². The van der Waals surface area contributed by atoms with Gasteiger partial charge >= 0.3 is 5.69 Å². The minimum Gasteiger partial charge on any atom is -0.368 e. The molecule has 2 aromatic heterocycles. The molecule has 0 spiro atoms. The zero-order valence-corrected chi connectivity index (χ0v) is 8.36. The van der Waals surface area contributed by atoms with Gasteiger partial charge in [0.25, 0.3) is 0 Å². The Bertz CT molecular complexity index is 536. The number of aromatic nitrogens is 4. The molecule has 0 aromatic carbocycles. The number of rotatable bonds is 2. The maximum atomic E-state index is 10.9. The lowest BCUT2D eigenvalue weighted by Crippen LogP contribution is -2.09. The standard InChI is InChI=1S/C8H8N6O2/c1-5-6(14(15)16)7(12-8(9)11-5)13-4-2-3-10-13/h2-4H,1H3,(H2,9,11,12). The first-order chi connectivity index (χ1) is 7.59. The maximum absolute atomic E-state index is 10.9.